The van der Waals surface area contributed by atoms with Crippen LogP contribution in [0.25, 0.3) is 0 Å². The number of hydrogen-bond acceptors (Lipinski definition) is 2. The second-order valence-electron chi connectivity index (χ2n) is 6.24. The van der Waals surface area contributed by atoms with Crippen molar-refractivity contribution in [3.63, 3.8) is 0 Å². The van der Waals surface area contributed by atoms with Gasteiger partial charge < -0.3 is 10.2 Å². The molecule has 0 spiro atoms. The van der Waals surface area contributed by atoms with Crippen LogP contribution >= 0.6 is 0 Å². The molecule has 0 aliphatic carbocycles. The molecule has 1 fully saturated rings. The molecular formula is C16H34N2. The van der Waals surface area contributed by atoms with Gasteiger partial charge in [-0.05, 0) is 45.8 Å². The highest BCUT2D eigenvalue weighted by Crippen LogP contribution is 2.16. The van der Waals surface area contributed by atoms with Gasteiger partial charge in [-0.15, -0.1) is 0 Å². The van der Waals surface area contributed by atoms with Crippen molar-refractivity contribution in [1.29, 1.82) is 0 Å². The zero-order chi connectivity index (χ0) is 13.3. The summed E-state index contributed by atoms with van der Waals surface area (Å²) in [4.78, 5) is 2.68. The number of nitrogens with zero attached hydrogens (tertiary/aromatic N) is 1. The van der Waals surface area contributed by atoms with E-state index in [1.165, 1.54) is 77.5 Å². The number of hydrogen-bond donors (Lipinski definition) is 1. The summed E-state index contributed by atoms with van der Waals surface area (Å²) in [5, 5.41) is 3.71. The van der Waals surface area contributed by atoms with E-state index in [4.69, 9.17) is 0 Å². The van der Waals surface area contributed by atoms with Gasteiger partial charge in [0, 0.05) is 12.1 Å². The lowest BCUT2D eigenvalue weighted by molar-refractivity contribution is 0.211. The molecule has 0 radical (unpaired) electrons. The highest BCUT2D eigenvalue weighted by Gasteiger charge is 2.26. The molecule has 0 saturated carbocycles. The fraction of sp³-hybridized carbons (Fsp3) is 1.00. The molecule has 1 saturated heterocycles. The number of unbranched alkanes of at least 4 members (excludes halogenated alkanes) is 5. The third-order valence-corrected chi connectivity index (χ3v) is 4.38. The van der Waals surface area contributed by atoms with Gasteiger partial charge >= 0.3 is 0 Å². The summed E-state index contributed by atoms with van der Waals surface area (Å²) in [7, 11) is 0. The Balaban J connectivity index is 2.16. The molecule has 0 aromatic heterocycles. The van der Waals surface area contributed by atoms with Crippen molar-refractivity contribution in [2.45, 2.75) is 77.7 Å². The monoisotopic (exact) mass is 254 g/mol. The standard InChI is InChI=1S/C16H34N2/c1-4-6-7-8-9-10-13-18-14-11-12-17-16(3,5-2)15-18/h17H,4-15H2,1-3H3. The van der Waals surface area contributed by atoms with Crippen LogP contribution in [0.1, 0.15) is 72.1 Å². The lowest BCUT2D eigenvalue weighted by Crippen LogP contribution is -2.48. The Bertz CT molecular complexity index is 205. The first-order valence-electron chi connectivity index (χ1n) is 8.17. The van der Waals surface area contributed by atoms with Crippen molar-refractivity contribution in [2.24, 2.45) is 0 Å². The molecule has 1 rings (SSSR count). The number of rotatable bonds is 8. The Morgan fingerprint density at radius 2 is 1.78 bits per heavy atom. The van der Waals surface area contributed by atoms with Gasteiger partial charge in [-0.3, -0.25) is 0 Å². The molecule has 1 heterocycles. The van der Waals surface area contributed by atoms with Gasteiger partial charge in [-0.25, -0.2) is 0 Å². The van der Waals surface area contributed by atoms with E-state index in [0.29, 0.717) is 5.54 Å². The zero-order valence-corrected chi connectivity index (χ0v) is 12.9. The molecule has 1 aliphatic rings. The highest BCUT2D eigenvalue weighted by molar-refractivity contribution is 4.87. The lowest BCUT2D eigenvalue weighted by Gasteiger charge is -2.32. The average Bonchev–Trinajstić information content (AvgIpc) is 2.56. The van der Waals surface area contributed by atoms with Crippen LogP contribution in [0.5, 0.6) is 0 Å². The molecule has 2 heteroatoms. The Hall–Kier alpha value is -0.0800. The van der Waals surface area contributed by atoms with Gasteiger partial charge in [0.15, 0.2) is 0 Å². The van der Waals surface area contributed by atoms with Crippen molar-refractivity contribution < 1.29 is 0 Å². The summed E-state index contributed by atoms with van der Waals surface area (Å²) in [6.07, 6.45) is 11.0. The Labute approximate surface area is 115 Å². The first-order chi connectivity index (χ1) is 8.70. The number of nitrogens with one attached hydrogen (secondary N) is 1. The summed E-state index contributed by atoms with van der Waals surface area (Å²) < 4.78 is 0. The molecule has 0 amide bonds. The van der Waals surface area contributed by atoms with Crippen molar-refractivity contribution in [2.75, 3.05) is 26.2 Å². The fourth-order valence-electron chi connectivity index (χ4n) is 2.86. The molecule has 0 bridgehead atoms. The van der Waals surface area contributed by atoms with Crippen molar-refractivity contribution in [1.82, 2.24) is 10.2 Å². The highest BCUT2D eigenvalue weighted by atomic mass is 15.2. The van der Waals surface area contributed by atoms with E-state index in [9.17, 15) is 0 Å². The van der Waals surface area contributed by atoms with Crippen molar-refractivity contribution in [3.8, 4) is 0 Å². The molecule has 2 nitrogen and oxygen atoms in total. The topological polar surface area (TPSA) is 15.3 Å². The van der Waals surface area contributed by atoms with Crippen molar-refractivity contribution >= 4 is 0 Å². The minimum absolute atomic E-state index is 0.346. The Morgan fingerprint density at radius 3 is 2.50 bits per heavy atom. The summed E-state index contributed by atoms with van der Waals surface area (Å²) in [6.45, 7) is 12.0. The maximum atomic E-state index is 3.71. The summed E-state index contributed by atoms with van der Waals surface area (Å²) in [5.41, 5.74) is 0.346. The second kappa shape index (κ2) is 8.92. The van der Waals surface area contributed by atoms with Crippen LogP contribution in [0.2, 0.25) is 0 Å². The van der Waals surface area contributed by atoms with Crippen LogP contribution in [0, 0.1) is 0 Å². The van der Waals surface area contributed by atoms with Gasteiger partial charge in [0.2, 0.25) is 0 Å². The fourth-order valence-corrected chi connectivity index (χ4v) is 2.86. The van der Waals surface area contributed by atoms with Gasteiger partial charge in [0.25, 0.3) is 0 Å². The van der Waals surface area contributed by atoms with Crippen LogP contribution in [0.3, 0.4) is 0 Å². The van der Waals surface area contributed by atoms with Crippen LogP contribution in [-0.2, 0) is 0 Å². The normalized spacial score (nSPS) is 26.2. The Morgan fingerprint density at radius 1 is 1.06 bits per heavy atom. The molecule has 0 aromatic rings. The van der Waals surface area contributed by atoms with E-state index in [-0.39, 0.29) is 0 Å². The first-order valence-corrected chi connectivity index (χ1v) is 8.17. The second-order valence-corrected chi connectivity index (χ2v) is 6.24. The smallest absolute Gasteiger partial charge is 0.0277 e. The molecule has 18 heavy (non-hydrogen) atoms. The van der Waals surface area contributed by atoms with Crippen LogP contribution in [0.4, 0.5) is 0 Å². The predicted molar refractivity (Wildman–Crippen MR) is 81.1 cm³/mol. The summed E-state index contributed by atoms with van der Waals surface area (Å²) >= 11 is 0. The third-order valence-electron chi connectivity index (χ3n) is 4.38. The van der Waals surface area contributed by atoms with Crippen LogP contribution in [-0.4, -0.2) is 36.6 Å². The van der Waals surface area contributed by atoms with Crippen LogP contribution < -0.4 is 5.32 Å². The van der Waals surface area contributed by atoms with E-state index in [0.717, 1.165) is 0 Å². The molecular weight excluding hydrogens is 220 g/mol. The summed E-state index contributed by atoms with van der Waals surface area (Å²) in [6, 6.07) is 0. The minimum atomic E-state index is 0.346. The van der Waals surface area contributed by atoms with Gasteiger partial charge in [-0.1, -0.05) is 46.0 Å². The molecule has 1 aliphatic heterocycles. The lowest BCUT2D eigenvalue weighted by atomic mass is 9.98. The van der Waals surface area contributed by atoms with E-state index in [1.807, 2.05) is 0 Å². The predicted octanol–water partition coefficient (Wildman–Crippen LogP) is 3.81. The van der Waals surface area contributed by atoms with Crippen LogP contribution in [0.15, 0.2) is 0 Å². The third kappa shape index (κ3) is 6.19. The SMILES string of the molecule is CCCCCCCCN1CCCNC(C)(CC)C1. The van der Waals surface area contributed by atoms with E-state index >= 15 is 0 Å². The first kappa shape index (κ1) is 16.0. The molecule has 1 N–H and O–H groups in total. The summed E-state index contributed by atoms with van der Waals surface area (Å²) in [5.74, 6) is 0. The molecule has 1 atom stereocenters. The maximum Gasteiger partial charge on any atom is 0.0277 e. The zero-order valence-electron chi connectivity index (χ0n) is 12.9. The molecule has 0 aromatic carbocycles. The van der Waals surface area contributed by atoms with Crippen molar-refractivity contribution in [3.05, 3.63) is 0 Å². The van der Waals surface area contributed by atoms with E-state index < -0.39 is 0 Å². The molecule has 1 unspecified atom stereocenters. The van der Waals surface area contributed by atoms with E-state index in [1.54, 1.807) is 0 Å². The van der Waals surface area contributed by atoms with Gasteiger partial charge in [0.1, 0.15) is 0 Å². The van der Waals surface area contributed by atoms with Gasteiger partial charge in [-0.2, -0.15) is 0 Å². The Kier molecular flexibility index (Phi) is 7.92. The maximum absolute atomic E-state index is 3.71. The average molecular weight is 254 g/mol. The largest absolute Gasteiger partial charge is 0.310 e. The van der Waals surface area contributed by atoms with E-state index in [2.05, 4.69) is 31.0 Å². The molecule has 108 valence electrons. The minimum Gasteiger partial charge on any atom is -0.310 e. The van der Waals surface area contributed by atoms with Gasteiger partial charge in [0.05, 0.1) is 0 Å². The quantitative estimate of drug-likeness (QED) is 0.663.